The van der Waals surface area contributed by atoms with E-state index in [0.717, 1.165) is 16.9 Å². The highest BCUT2D eigenvalue weighted by Gasteiger charge is 2.04. The smallest absolute Gasteiger partial charge is 0.191 e. The summed E-state index contributed by atoms with van der Waals surface area (Å²) in [5.41, 5.74) is 6.31. The van der Waals surface area contributed by atoms with Crippen molar-refractivity contribution < 1.29 is 4.39 Å². The Kier molecular flexibility index (Phi) is 5.76. The van der Waals surface area contributed by atoms with Gasteiger partial charge in [-0.3, -0.25) is 5.43 Å². The van der Waals surface area contributed by atoms with Gasteiger partial charge in [-0.05, 0) is 49.0 Å². The SMILES string of the molecule is Cc1ccccc1NC(=S)NN=Cc1cccn1Cc1ccccc1F. The van der Waals surface area contributed by atoms with Crippen molar-refractivity contribution >= 4 is 29.2 Å². The van der Waals surface area contributed by atoms with Gasteiger partial charge in [0, 0.05) is 17.4 Å². The molecule has 0 spiro atoms. The average Bonchev–Trinajstić information content (AvgIpc) is 3.06. The van der Waals surface area contributed by atoms with Crippen LogP contribution in [-0.4, -0.2) is 15.9 Å². The normalized spacial score (nSPS) is 10.8. The van der Waals surface area contributed by atoms with E-state index >= 15 is 0 Å². The lowest BCUT2D eigenvalue weighted by Crippen LogP contribution is -2.24. The highest BCUT2D eigenvalue weighted by atomic mass is 32.1. The largest absolute Gasteiger partial charge is 0.342 e. The van der Waals surface area contributed by atoms with Gasteiger partial charge in [0.1, 0.15) is 5.82 Å². The van der Waals surface area contributed by atoms with E-state index in [2.05, 4.69) is 15.8 Å². The molecule has 0 atom stereocenters. The average molecular weight is 366 g/mol. The van der Waals surface area contributed by atoms with Crippen LogP contribution in [0.4, 0.5) is 10.1 Å². The van der Waals surface area contributed by atoms with Crippen molar-refractivity contribution in [1.82, 2.24) is 9.99 Å². The van der Waals surface area contributed by atoms with Crippen molar-refractivity contribution in [3.8, 4) is 0 Å². The molecule has 4 nitrogen and oxygen atoms in total. The molecule has 1 heterocycles. The highest BCUT2D eigenvalue weighted by molar-refractivity contribution is 7.80. The molecule has 0 amide bonds. The van der Waals surface area contributed by atoms with E-state index in [4.69, 9.17) is 12.2 Å². The van der Waals surface area contributed by atoms with Crippen LogP contribution in [0.2, 0.25) is 0 Å². The number of aryl methyl sites for hydroxylation is 1. The Morgan fingerprint density at radius 3 is 2.69 bits per heavy atom. The van der Waals surface area contributed by atoms with E-state index in [0.29, 0.717) is 17.2 Å². The van der Waals surface area contributed by atoms with Crippen molar-refractivity contribution in [1.29, 1.82) is 0 Å². The standard InChI is InChI=1S/C20H19FN4S/c1-15-7-2-5-11-19(15)23-20(26)24-22-13-17-9-6-12-25(17)14-16-8-3-4-10-18(16)21/h2-13H,14H2,1H3,(H2,23,24,26). The van der Waals surface area contributed by atoms with Gasteiger partial charge < -0.3 is 9.88 Å². The van der Waals surface area contributed by atoms with Crippen molar-refractivity contribution in [2.75, 3.05) is 5.32 Å². The number of benzene rings is 2. The molecule has 2 N–H and O–H groups in total. The number of aromatic nitrogens is 1. The van der Waals surface area contributed by atoms with Crippen molar-refractivity contribution in [2.24, 2.45) is 5.10 Å². The number of halogens is 1. The zero-order valence-electron chi connectivity index (χ0n) is 14.3. The van der Waals surface area contributed by atoms with Crippen LogP contribution in [-0.2, 0) is 6.54 Å². The van der Waals surface area contributed by atoms with Crippen LogP contribution < -0.4 is 10.7 Å². The van der Waals surface area contributed by atoms with Crippen molar-refractivity contribution in [3.63, 3.8) is 0 Å². The number of hydrazone groups is 1. The van der Waals surface area contributed by atoms with Gasteiger partial charge in [-0.15, -0.1) is 0 Å². The van der Waals surface area contributed by atoms with Gasteiger partial charge in [0.25, 0.3) is 0 Å². The summed E-state index contributed by atoms with van der Waals surface area (Å²) in [6, 6.07) is 18.4. The molecular weight excluding hydrogens is 347 g/mol. The first-order valence-electron chi connectivity index (χ1n) is 8.18. The summed E-state index contributed by atoms with van der Waals surface area (Å²) in [5, 5.41) is 7.68. The minimum atomic E-state index is -0.217. The Morgan fingerprint density at radius 2 is 1.88 bits per heavy atom. The van der Waals surface area contributed by atoms with Gasteiger partial charge in [0.05, 0.1) is 18.5 Å². The fourth-order valence-electron chi connectivity index (χ4n) is 2.52. The fraction of sp³-hybridized carbons (Fsp3) is 0.100. The highest BCUT2D eigenvalue weighted by Crippen LogP contribution is 2.13. The minimum absolute atomic E-state index is 0.217. The molecule has 0 fully saturated rings. The maximum Gasteiger partial charge on any atom is 0.191 e. The summed E-state index contributed by atoms with van der Waals surface area (Å²) in [5.74, 6) is -0.217. The molecule has 26 heavy (non-hydrogen) atoms. The van der Waals surface area contributed by atoms with Gasteiger partial charge in [-0.25, -0.2) is 4.39 Å². The Balaban J connectivity index is 1.61. The van der Waals surface area contributed by atoms with Crippen LogP contribution in [0.5, 0.6) is 0 Å². The number of rotatable bonds is 5. The van der Waals surface area contributed by atoms with E-state index in [1.165, 1.54) is 6.07 Å². The maximum absolute atomic E-state index is 13.8. The molecule has 132 valence electrons. The number of para-hydroxylation sites is 1. The monoisotopic (exact) mass is 366 g/mol. The first-order chi connectivity index (χ1) is 12.6. The molecule has 1 aromatic heterocycles. The van der Waals surface area contributed by atoms with E-state index in [9.17, 15) is 4.39 Å². The van der Waals surface area contributed by atoms with Gasteiger partial charge >= 0.3 is 0 Å². The third-order valence-corrected chi connectivity index (χ3v) is 4.11. The Labute approximate surface area is 157 Å². The summed E-state index contributed by atoms with van der Waals surface area (Å²) in [7, 11) is 0. The number of hydrogen-bond donors (Lipinski definition) is 2. The molecule has 2 aromatic carbocycles. The number of nitrogens with zero attached hydrogens (tertiary/aromatic N) is 2. The summed E-state index contributed by atoms with van der Waals surface area (Å²) in [4.78, 5) is 0. The minimum Gasteiger partial charge on any atom is -0.342 e. The van der Waals surface area contributed by atoms with Crippen molar-refractivity contribution in [3.05, 3.63) is 89.5 Å². The number of thiocarbonyl (C=S) groups is 1. The van der Waals surface area contributed by atoms with Crippen LogP contribution in [0.3, 0.4) is 0 Å². The zero-order chi connectivity index (χ0) is 18.4. The van der Waals surface area contributed by atoms with Gasteiger partial charge in [-0.1, -0.05) is 36.4 Å². The summed E-state index contributed by atoms with van der Waals surface area (Å²) in [6.07, 6.45) is 3.55. The number of hydrogen-bond acceptors (Lipinski definition) is 2. The van der Waals surface area contributed by atoms with Gasteiger partial charge in [-0.2, -0.15) is 5.10 Å². The third-order valence-electron chi connectivity index (χ3n) is 3.92. The lowest BCUT2D eigenvalue weighted by atomic mass is 10.2. The van der Waals surface area contributed by atoms with Crippen LogP contribution in [0.25, 0.3) is 0 Å². The second-order valence-electron chi connectivity index (χ2n) is 5.79. The van der Waals surface area contributed by atoms with E-state index in [1.807, 2.05) is 60.2 Å². The van der Waals surface area contributed by atoms with Crippen molar-refractivity contribution in [2.45, 2.75) is 13.5 Å². The molecule has 6 heteroatoms. The molecule has 0 radical (unpaired) electrons. The molecule has 0 unspecified atom stereocenters. The number of anilines is 1. The van der Waals surface area contributed by atoms with E-state index in [1.54, 1.807) is 18.3 Å². The molecular formula is C20H19FN4S. The van der Waals surface area contributed by atoms with Crippen LogP contribution in [0.1, 0.15) is 16.8 Å². The van der Waals surface area contributed by atoms with Gasteiger partial charge in [0.2, 0.25) is 0 Å². The predicted molar refractivity (Wildman–Crippen MR) is 108 cm³/mol. The Morgan fingerprint density at radius 1 is 1.12 bits per heavy atom. The quantitative estimate of drug-likeness (QED) is 0.402. The molecule has 0 aliphatic rings. The first kappa shape index (κ1) is 17.8. The maximum atomic E-state index is 13.8. The van der Waals surface area contributed by atoms with Crippen LogP contribution in [0.15, 0.2) is 72.0 Å². The summed E-state index contributed by atoms with van der Waals surface area (Å²) < 4.78 is 15.7. The fourth-order valence-corrected chi connectivity index (χ4v) is 2.68. The molecule has 3 rings (SSSR count). The van der Waals surface area contributed by atoms with E-state index < -0.39 is 0 Å². The summed E-state index contributed by atoms with van der Waals surface area (Å²) in [6.45, 7) is 2.44. The second kappa shape index (κ2) is 8.40. The third kappa shape index (κ3) is 4.55. The molecule has 0 saturated carbocycles. The van der Waals surface area contributed by atoms with Gasteiger partial charge in [0.15, 0.2) is 5.11 Å². The lowest BCUT2D eigenvalue weighted by Gasteiger charge is -2.10. The second-order valence-corrected chi connectivity index (χ2v) is 6.20. The van der Waals surface area contributed by atoms with Crippen LogP contribution in [0, 0.1) is 12.7 Å². The molecule has 0 aliphatic heterocycles. The Hall–Kier alpha value is -2.99. The first-order valence-corrected chi connectivity index (χ1v) is 8.58. The summed E-state index contributed by atoms with van der Waals surface area (Å²) >= 11 is 5.25. The molecule has 0 saturated heterocycles. The molecule has 0 aliphatic carbocycles. The topological polar surface area (TPSA) is 41.4 Å². The molecule has 0 bridgehead atoms. The molecule has 3 aromatic rings. The Bertz CT molecular complexity index is 933. The lowest BCUT2D eigenvalue weighted by molar-refractivity contribution is 0.599. The predicted octanol–water partition coefficient (Wildman–Crippen LogP) is 4.30. The van der Waals surface area contributed by atoms with E-state index in [-0.39, 0.29) is 5.82 Å². The van der Waals surface area contributed by atoms with Crippen LogP contribution >= 0.6 is 12.2 Å². The number of nitrogens with one attached hydrogen (secondary N) is 2. The zero-order valence-corrected chi connectivity index (χ0v) is 15.1.